The number of nitrogens with two attached hydrogens (primary N) is 1. The third-order valence-electron chi connectivity index (χ3n) is 2.19. The van der Waals surface area contributed by atoms with Crippen molar-refractivity contribution in [1.29, 1.82) is 0 Å². The van der Waals surface area contributed by atoms with Crippen molar-refractivity contribution in [2.45, 2.75) is 20.3 Å². The summed E-state index contributed by atoms with van der Waals surface area (Å²) in [5, 5.41) is 3.23. The normalized spacial score (nSPS) is 12.4. The Morgan fingerprint density at radius 3 is 2.88 bits per heavy atom. The number of aromatic nitrogens is 2. The molecule has 0 saturated heterocycles. The molecule has 0 aromatic carbocycles. The van der Waals surface area contributed by atoms with Crippen LogP contribution in [-0.4, -0.2) is 30.2 Å². The summed E-state index contributed by atoms with van der Waals surface area (Å²) >= 11 is 0. The summed E-state index contributed by atoms with van der Waals surface area (Å²) in [7, 11) is 1.70. The molecule has 0 bridgehead atoms. The molecule has 1 aromatic rings. The fraction of sp³-hybridized carbons (Fsp3) is 0.636. The first-order valence-electron chi connectivity index (χ1n) is 5.52. The molecule has 1 rings (SSSR count). The fourth-order valence-corrected chi connectivity index (χ4v) is 1.39. The number of ether oxygens (including phenoxy) is 1. The molecular weight excluding hydrogens is 204 g/mol. The number of methoxy groups -OCH3 is 1. The van der Waals surface area contributed by atoms with Gasteiger partial charge in [0.05, 0.1) is 6.61 Å². The van der Waals surface area contributed by atoms with Crippen molar-refractivity contribution in [3.63, 3.8) is 0 Å². The topological polar surface area (TPSA) is 73.1 Å². The summed E-state index contributed by atoms with van der Waals surface area (Å²) < 4.78 is 5.06. The molecule has 0 spiro atoms. The van der Waals surface area contributed by atoms with E-state index < -0.39 is 0 Å². The van der Waals surface area contributed by atoms with E-state index in [9.17, 15) is 0 Å². The van der Waals surface area contributed by atoms with Crippen LogP contribution < -0.4 is 11.1 Å². The van der Waals surface area contributed by atoms with Crippen LogP contribution >= 0.6 is 0 Å². The number of hydrogen-bond acceptors (Lipinski definition) is 5. The number of anilines is 2. The molecule has 3 N–H and O–H groups in total. The van der Waals surface area contributed by atoms with Gasteiger partial charge in [-0.2, -0.15) is 0 Å². The zero-order valence-electron chi connectivity index (χ0n) is 10.2. The first-order valence-corrected chi connectivity index (χ1v) is 5.52. The van der Waals surface area contributed by atoms with E-state index in [0.717, 1.165) is 31.2 Å². The van der Waals surface area contributed by atoms with E-state index >= 15 is 0 Å². The largest absolute Gasteiger partial charge is 0.384 e. The Morgan fingerprint density at radius 2 is 2.25 bits per heavy atom. The SMILES string of the molecule is CCc1nc(N)cc(NCC(C)COC)n1. The molecule has 0 fully saturated rings. The second-order valence-corrected chi connectivity index (χ2v) is 3.89. The second kappa shape index (κ2) is 6.27. The third kappa shape index (κ3) is 4.02. The van der Waals surface area contributed by atoms with Crippen molar-refractivity contribution in [3.8, 4) is 0 Å². The minimum absolute atomic E-state index is 0.436. The van der Waals surface area contributed by atoms with Crippen LogP contribution in [-0.2, 0) is 11.2 Å². The van der Waals surface area contributed by atoms with E-state index in [2.05, 4.69) is 22.2 Å². The molecule has 90 valence electrons. The Hall–Kier alpha value is -1.36. The molecule has 16 heavy (non-hydrogen) atoms. The molecule has 1 unspecified atom stereocenters. The highest BCUT2D eigenvalue weighted by Gasteiger charge is 2.04. The van der Waals surface area contributed by atoms with Crippen molar-refractivity contribution in [2.75, 3.05) is 31.3 Å². The number of nitrogen functional groups attached to an aromatic ring is 1. The molecule has 0 aliphatic rings. The summed E-state index contributed by atoms with van der Waals surface area (Å²) in [6.07, 6.45) is 0.785. The van der Waals surface area contributed by atoms with Gasteiger partial charge in [0, 0.05) is 26.1 Å². The highest BCUT2D eigenvalue weighted by atomic mass is 16.5. The van der Waals surface area contributed by atoms with Crippen LogP contribution in [0.5, 0.6) is 0 Å². The van der Waals surface area contributed by atoms with Crippen LogP contribution in [0.25, 0.3) is 0 Å². The summed E-state index contributed by atoms with van der Waals surface area (Å²) in [5.74, 6) is 2.49. The first-order chi connectivity index (χ1) is 7.65. The molecule has 0 aliphatic heterocycles. The predicted octanol–water partition coefficient (Wildman–Crippen LogP) is 1.32. The number of aryl methyl sites for hydroxylation is 1. The van der Waals surface area contributed by atoms with Gasteiger partial charge in [-0.3, -0.25) is 0 Å². The molecule has 0 radical (unpaired) electrons. The molecule has 1 heterocycles. The van der Waals surface area contributed by atoms with E-state index in [-0.39, 0.29) is 0 Å². The smallest absolute Gasteiger partial charge is 0.132 e. The Balaban J connectivity index is 2.56. The summed E-state index contributed by atoms with van der Waals surface area (Å²) in [4.78, 5) is 8.46. The fourth-order valence-electron chi connectivity index (χ4n) is 1.39. The van der Waals surface area contributed by atoms with Crippen LogP contribution in [0.2, 0.25) is 0 Å². The molecule has 1 atom stereocenters. The van der Waals surface area contributed by atoms with E-state index in [0.29, 0.717) is 11.7 Å². The van der Waals surface area contributed by atoms with Gasteiger partial charge in [-0.15, -0.1) is 0 Å². The molecule has 1 aromatic heterocycles. The highest BCUT2D eigenvalue weighted by molar-refractivity contribution is 5.44. The molecule has 0 amide bonds. The van der Waals surface area contributed by atoms with Crippen LogP contribution in [0.15, 0.2) is 6.07 Å². The molecule has 0 saturated carbocycles. The van der Waals surface area contributed by atoms with Crippen molar-refractivity contribution < 1.29 is 4.74 Å². The van der Waals surface area contributed by atoms with Gasteiger partial charge in [-0.05, 0) is 5.92 Å². The van der Waals surface area contributed by atoms with E-state index in [1.165, 1.54) is 0 Å². The van der Waals surface area contributed by atoms with Gasteiger partial charge >= 0.3 is 0 Å². The average molecular weight is 224 g/mol. The van der Waals surface area contributed by atoms with Crippen molar-refractivity contribution in [2.24, 2.45) is 5.92 Å². The van der Waals surface area contributed by atoms with Gasteiger partial charge in [0.1, 0.15) is 17.5 Å². The summed E-state index contributed by atoms with van der Waals surface area (Å²) in [6.45, 7) is 5.66. The Kier molecular flexibility index (Phi) is 4.98. The van der Waals surface area contributed by atoms with Crippen LogP contribution in [0.4, 0.5) is 11.6 Å². The maximum atomic E-state index is 5.68. The molecule has 5 nitrogen and oxygen atoms in total. The zero-order valence-corrected chi connectivity index (χ0v) is 10.2. The number of nitrogens with one attached hydrogen (secondary N) is 1. The lowest BCUT2D eigenvalue weighted by Crippen LogP contribution is -2.17. The molecular formula is C11H20N4O. The lowest BCUT2D eigenvalue weighted by molar-refractivity contribution is 0.164. The monoisotopic (exact) mass is 224 g/mol. The van der Waals surface area contributed by atoms with Crippen molar-refractivity contribution in [3.05, 3.63) is 11.9 Å². The Bertz CT molecular complexity index is 330. The maximum Gasteiger partial charge on any atom is 0.132 e. The standard InChI is InChI=1S/C11H20N4O/c1-4-10-14-9(12)5-11(15-10)13-6-8(2)7-16-3/h5,8H,4,6-7H2,1-3H3,(H3,12,13,14,15). The Labute approximate surface area is 96.4 Å². The van der Waals surface area contributed by atoms with Gasteiger partial charge in [0.15, 0.2) is 0 Å². The highest BCUT2D eigenvalue weighted by Crippen LogP contribution is 2.09. The average Bonchev–Trinajstić information content (AvgIpc) is 2.26. The lowest BCUT2D eigenvalue weighted by Gasteiger charge is -2.12. The number of nitrogens with zero attached hydrogens (tertiary/aromatic N) is 2. The van der Waals surface area contributed by atoms with E-state index in [1.807, 2.05) is 6.92 Å². The van der Waals surface area contributed by atoms with Gasteiger partial charge in [0.25, 0.3) is 0 Å². The maximum absolute atomic E-state index is 5.68. The minimum atomic E-state index is 0.436. The lowest BCUT2D eigenvalue weighted by atomic mass is 10.2. The minimum Gasteiger partial charge on any atom is -0.384 e. The van der Waals surface area contributed by atoms with Crippen molar-refractivity contribution in [1.82, 2.24) is 9.97 Å². The van der Waals surface area contributed by atoms with Crippen LogP contribution in [0.3, 0.4) is 0 Å². The number of hydrogen-bond donors (Lipinski definition) is 2. The third-order valence-corrected chi connectivity index (χ3v) is 2.19. The van der Waals surface area contributed by atoms with Crippen LogP contribution in [0.1, 0.15) is 19.7 Å². The zero-order chi connectivity index (χ0) is 12.0. The molecule has 0 aliphatic carbocycles. The van der Waals surface area contributed by atoms with Crippen molar-refractivity contribution >= 4 is 11.6 Å². The quantitative estimate of drug-likeness (QED) is 0.762. The van der Waals surface area contributed by atoms with E-state index in [1.54, 1.807) is 13.2 Å². The number of rotatable bonds is 6. The summed E-state index contributed by atoms with van der Waals surface area (Å²) in [5.41, 5.74) is 5.68. The van der Waals surface area contributed by atoms with Gasteiger partial charge in [0.2, 0.25) is 0 Å². The molecule has 5 heteroatoms. The van der Waals surface area contributed by atoms with Crippen LogP contribution in [0, 0.1) is 5.92 Å². The van der Waals surface area contributed by atoms with Gasteiger partial charge in [-0.25, -0.2) is 9.97 Å². The predicted molar refractivity (Wildman–Crippen MR) is 65.4 cm³/mol. The van der Waals surface area contributed by atoms with Gasteiger partial charge < -0.3 is 15.8 Å². The van der Waals surface area contributed by atoms with Gasteiger partial charge in [-0.1, -0.05) is 13.8 Å². The Morgan fingerprint density at radius 1 is 1.50 bits per heavy atom. The first kappa shape index (κ1) is 12.7. The van der Waals surface area contributed by atoms with E-state index in [4.69, 9.17) is 10.5 Å². The second-order valence-electron chi connectivity index (χ2n) is 3.89. The summed E-state index contributed by atoms with van der Waals surface area (Å²) in [6, 6.07) is 1.75.